The van der Waals surface area contributed by atoms with E-state index < -0.39 is 0 Å². The van der Waals surface area contributed by atoms with Gasteiger partial charge in [0.1, 0.15) is 0 Å². The molecular weight excluding hydrogens is 224 g/mol. The number of hydrogen-bond donors (Lipinski definition) is 2. The van der Waals surface area contributed by atoms with Gasteiger partial charge in [-0.3, -0.25) is 4.79 Å². The van der Waals surface area contributed by atoms with Gasteiger partial charge in [0.2, 0.25) is 5.91 Å². The summed E-state index contributed by atoms with van der Waals surface area (Å²) in [4.78, 5) is 12.2. The Morgan fingerprint density at radius 3 is 2.50 bits per heavy atom. The fourth-order valence-electron chi connectivity index (χ4n) is 2.82. The molecule has 0 bridgehead atoms. The molecule has 2 N–H and O–H groups in total. The molecule has 1 saturated heterocycles. The topological polar surface area (TPSA) is 41.1 Å². The number of nitrogens with one attached hydrogen (secondary N) is 2. The Morgan fingerprint density at radius 2 is 2.00 bits per heavy atom. The third kappa shape index (κ3) is 4.97. The molecule has 0 aliphatic carbocycles. The molecule has 106 valence electrons. The van der Waals surface area contributed by atoms with E-state index in [-0.39, 0.29) is 17.2 Å². The van der Waals surface area contributed by atoms with Crippen molar-refractivity contribution in [2.24, 2.45) is 11.3 Å². The molecule has 3 nitrogen and oxygen atoms in total. The van der Waals surface area contributed by atoms with Gasteiger partial charge in [0.25, 0.3) is 0 Å². The third-order valence-corrected chi connectivity index (χ3v) is 4.02. The molecule has 18 heavy (non-hydrogen) atoms. The molecule has 0 saturated carbocycles. The summed E-state index contributed by atoms with van der Waals surface area (Å²) in [5.74, 6) is 0.491. The van der Waals surface area contributed by atoms with Gasteiger partial charge in [0.15, 0.2) is 0 Å². The molecule has 1 aliphatic rings. The summed E-state index contributed by atoms with van der Waals surface area (Å²) in [6, 6.07) is 0. The van der Waals surface area contributed by atoms with Crippen LogP contribution in [0, 0.1) is 11.3 Å². The van der Waals surface area contributed by atoms with Gasteiger partial charge >= 0.3 is 0 Å². The fourth-order valence-corrected chi connectivity index (χ4v) is 2.82. The summed E-state index contributed by atoms with van der Waals surface area (Å²) < 4.78 is 0. The Kier molecular flexibility index (Phi) is 6.69. The highest BCUT2D eigenvalue weighted by Gasteiger charge is 2.28. The number of carbonyl (C=O) groups excluding carboxylic acids is 1. The van der Waals surface area contributed by atoms with Crippen LogP contribution in [0.1, 0.15) is 59.3 Å². The van der Waals surface area contributed by atoms with E-state index in [0.717, 1.165) is 45.3 Å². The Morgan fingerprint density at radius 1 is 1.33 bits per heavy atom. The second-order valence-electron chi connectivity index (χ2n) is 6.08. The predicted octanol–water partition coefficient (Wildman–Crippen LogP) is 2.71. The molecular formula is C15H30N2O. The zero-order valence-electron chi connectivity index (χ0n) is 12.3. The van der Waals surface area contributed by atoms with Crippen molar-refractivity contribution < 1.29 is 4.79 Å². The lowest BCUT2D eigenvalue weighted by Gasteiger charge is -2.34. The summed E-state index contributed by atoms with van der Waals surface area (Å²) in [5, 5.41) is 6.61. The first kappa shape index (κ1) is 15.5. The van der Waals surface area contributed by atoms with E-state index in [1.54, 1.807) is 0 Å². The summed E-state index contributed by atoms with van der Waals surface area (Å²) in [7, 11) is 0. The summed E-state index contributed by atoms with van der Waals surface area (Å²) in [5.41, 5.74) is 0.247. The van der Waals surface area contributed by atoms with Crippen LogP contribution in [0.5, 0.6) is 0 Å². The highest BCUT2D eigenvalue weighted by atomic mass is 16.1. The van der Waals surface area contributed by atoms with Gasteiger partial charge in [0, 0.05) is 19.0 Å². The van der Waals surface area contributed by atoms with Crippen LogP contribution in [0.15, 0.2) is 0 Å². The minimum atomic E-state index is 0.222. The second-order valence-corrected chi connectivity index (χ2v) is 6.08. The van der Waals surface area contributed by atoms with Crippen LogP contribution >= 0.6 is 0 Å². The maximum atomic E-state index is 12.2. The lowest BCUT2D eigenvalue weighted by Crippen LogP contribution is -2.46. The molecule has 1 aliphatic heterocycles. The highest BCUT2D eigenvalue weighted by molar-refractivity contribution is 5.78. The van der Waals surface area contributed by atoms with Crippen LogP contribution in [0.4, 0.5) is 0 Å². The average molecular weight is 254 g/mol. The Labute approximate surface area is 112 Å². The molecule has 0 aromatic rings. The van der Waals surface area contributed by atoms with Gasteiger partial charge in [0.05, 0.1) is 0 Å². The highest BCUT2D eigenvalue weighted by Crippen LogP contribution is 2.24. The number of hydrogen-bond acceptors (Lipinski definition) is 2. The fraction of sp³-hybridized carbons (Fsp3) is 0.933. The monoisotopic (exact) mass is 254 g/mol. The van der Waals surface area contributed by atoms with Crippen molar-refractivity contribution in [3.63, 3.8) is 0 Å². The van der Waals surface area contributed by atoms with Crippen LogP contribution in [-0.2, 0) is 4.79 Å². The van der Waals surface area contributed by atoms with Gasteiger partial charge in [-0.15, -0.1) is 0 Å². The van der Waals surface area contributed by atoms with Gasteiger partial charge in [-0.1, -0.05) is 33.6 Å². The molecule has 1 heterocycles. The summed E-state index contributed by atoms with van der Waals surface area (Å²) in [6.07, 6.45) is 6.67. The Bertz CT molecular complexity index is 241. The molecule has 0 spiro atoms. The normalized spacial score (nSPS) is 24.2. The average Bonchev–Trinajstić information content (AvgIpc) is 2.37. The molecule has 1 fully saturated rings. The van der Waals surface area contributed by atoms with Crippen molar-refractivity contribution in [3.05, 3.63) is 0 Å². The number of rotatable bonds is 7. The van der Waals surface area contributed by atoms with Crippen molar-refractivity contribution in [3.8, 4) is 0 Å². The molecule has 1 atom stereocenters. The lowest BCUT2D eigenvalue weighted by atomic mass is 9.82. The van der Waals surface area contributed by atoms with Gasteiger partial charge < -0.3 is 10.6 Å². The first-order valence-electron chi connectivity index (χ1n) is 7.59. The molecule has 0 radical (unpaired) electrons. The van der Waals surface area contributed by atoms with E-state index in [1.807, 2.05) is 0 Å². The smallest absolute Gasteiger partial charge is 0.223 e. The lowest BCUT2D eigenvalue weighted by molar-refractivity contribution is -0.126. The molecule has 3 heteroatoms. The van der Waals surface area contributed by atoms with Crippen molar-refractivity contribution in [1.29, 1.82) is 0 Å². The standard InChI is InChI=1S/C15H30N2O/c1-4-7-13(8-5-2)14(18)17-12-15(3)9-6-10-16-11-15/h13,16H,4-12H2,1-3H3,(H,17,18). The van der Waals surface area contributed by atoms with Crippen LogP contribution in [0.25, 0.3) is 0 Å². The minimum Gasteiger partial charge on any atom is -0.355 e. The minimum absolute atomic E-state index is 0.222. The van der Waals surface area contributed by atoms with E-state index in [1.165, 1.54) is 12.8 Å². The van der Waals surface area contributed by atoms with Crippen molar-refractivity contribution in [2.75, 3.05) is 19.6 Å². The Balaban J connectivity index is 2.37. The second kappa shape index (κ2) is 7.78. The van der Waals surface area contributed by atoms with E-state index in [0.29, 0.717) is 0 Å². The van der Waals surface area contributed by atoms with Gasteiger partial charge in [-0.05, 0) is 37.6 Å². The van der Waals surface area contributed by atoms with Crippen molar-refractivity contribution >= 4 is 5.91 Å². The van der Waals surface area contributed by atoms with E-state index in [4.69, 9.17) is 0 Å². The predicted molar refractivity (Wildman–Crippen MR) is 76.5 cm³/mol. The molecule has 1 amide bonds. The SMILES string of the molecule is CCCC(CCC)C(=O)NCC1(C)CCCNC1. The van der Waals surface area contributed by atoms with Crippen LogP contribution in [0.2, 0.25) is 0 Å². The molecule has 1 unspecified atom stereocenters. The molecule has 1 rings (SSSR count). The number of amides is 1. The number of carbonyl (C=O) groups is 1. The van der Waals surface area contributed by atoms with Crippen molar-refractivity contribution in [1.82, 2.24) is 10.6 Å². The van der Waals surface area contributed by atoms with E-state index in [9.17, 15) is 4.79 Å². The Hall–Kier alpha value is -0.570. The van der Waals surface area contributed by atoms with Crippen LogP contribution in [-0.4, -0.2) is 25.5 Å². The molecule has 0 aromatic heterocycles. The van der Waals surface area contributed by atoms with Crippen LogP contribution in [0.3, 0.4) is 0 Å². The summed E-state index contributed by atoms with van der Waals surface area (Å²) >= 11 is 0. The first-order chi connectivity index (χ1) is 8.61. The first-order valence-corrected chi connectivity index (χ1v) is 7.59. The molecule has 0 aromatic carbocycles. The zero-order valence-corrected chi connectivity index (χ0v) is 12.3. The van der Waals surface area contributed by atoms with E-state index in [2.05, 4.69) is 31.4 Å². The van der Waals surface area contributed by atoms with Crippen molar-refractivity contribution in [2.45, 2.75) is 59.3 Å². The maximum absolute atomic E-state index is 12.2. The largest absolute Gasteiger partial charge is 0.355 e. The zero-order chi connectivity index (χ0) is 13.4. The maximum Gasteiger partial charge on any atom is 0.223 e. The quantitative estimate of drug-likeness (QED) is 0.733. The van der Waals surface area contributed by atoms with Gasteiger partial charge in [-0.2, -0.15) is 0 Å². The summed E-state index contributed by atoms with van der Waals surface area (Å²) in [6.45, 7) is 9.55. The van der Waals surface area contributed by atoms with E-state index >= 15 is 0 Å². The van der Waals surface area contributed by atoms with Gasteiger partial charge in [-0.25, -0.2) is 0 Å². The third-order valence-electron chi connectivity index (χ3n) is 4.02. The number of piperidine rings is 1. The van der Waals surface area contributed by atoms with Crippen LogP contribution < -0.4 is 10.6 Å².